The molecule has 2 fully saturated rings. The molecule has 2 N–H and O–H groups in total. The molecule has 0 spiro atoms. The van der Waals surface area contributed by atoms with Gasteiger partial charge in [0, 0.05) is 6.04 Å². The van der Waals surface area contributed by atoms with Gasteiger partial charge in [0.05, 0.1) is 0 Å². The maximum atomic E-state index is 3.78. The van der Waals surface area contributed by atoms with Gasteiger partial charge in [0.2, 0.25) is 0 Å². The van der Waals surface area contributed by atoms with Crippen LogP contribution < -0.4 is 10.6 Å². The van der Waals surface area contributed by atoms with Crippen molar-refractivity contribution >= 4 is 0 Å². The van der Waals surface area contributed by atoms with Crippen LogP contribution in [0.4, 0.5) is 0 Å². The number of nitrogens with one attached hydrogen (secondary N) is 2. The summed E-state index contributed by atoms with van der Waals surface area (Å²) in [6, 6.07) is 0.790. The third kappa shape index (κ3) is 3.72. The number of likely N-dealkylation sites (tertiary alicyclic amines) is 1. The Morgan fingerprint density at radius 1 is 1.12 bits per heavy atom. The van der Waals surface area contributed by atoms with E-state index in [1.807, 2.05) is 0 Å². The molecule has 0 aromatic carbocycles. The first-order chi connectivity index (χ1) is 7.88. The Morgan fingerprint density at radius 2 is 1.81 bits per heavy atom. The van der Waals surface area contributed by atoms with Crippen LogP contribution in [-0.2, 0) is 0 Å². The van der Waals surface area contributed by atoms with Crippen molar-refractivity contribution in [3.05, 3.63) is 0 Å². The summed E-state index contributed by atoms with van der Waals surface area (Å²) in [5.41, 5.74) is 0. The minimum absolute atomic E-state index is 0.790. The minimum atomic E-state index is 0.790. The lowest BCUT2D eigenvalue weighted by Crippen LogP contribution is -2.44. The molecule has 0 amide bonds. The second-order valence-electron chi connectivity index (χ2n) is 5.31. The lowest BCUT2D eigenvalue weighted by molar-refractivity contribution is 0.200. The third-order valence-corrected chi connectivity index (χ3v) is 4.19. The molecule has 0 aromatic heterocycles. The molecule has 2 rings (SSSR count). The molecule has 2 aliphatic heterocycles. The van der Waals surface area contributed by atoms with Crippen molar-refractivity contribution in [1.29, 1.82) is 0 Å². The van der Waals surface area contributed by atoms with Crippen LogP contribution in [0.2, 0.25) is 0 Å². The van der Waals surface area contributed by atoms with E-state index in [1.54, 1.807) is 0 Å². The van der Waals surface area contributed by atoms with Gasteiger partial charge in [-0.15, -0.1) is 0 Å². The Bertz CT molecular complexity index is 182. The Kier molecular flexibility index (Phi) is 5.07. The fourth-order valence-electron chi connectivity index (χ4n) is 2.87. The topological polar surface area (TPSA) is 27.3 Å². The van der Waals surface area contributed by atoms with Crippen LogP contribution in [0, 0.1) is 5.92 Å². The number of rotatable bonds is 4. The van der Waals surface area contributed by atoms with Crippen molar-refractivity contribution in [3.8, 4) is 0 Å². The van der Waals surface area contributed by atoms with Crippen LogP contribution in [0.1, 0.15) is 32.6 Å². The van der Waals surface area contributed by atoms with Crippen LogP contribution in [0.5, 0.6) is 0 Å². The van der Waals surface area contributed by atoms with E-state index >= 15 is 0 Å². The molecule has 0 saturated carbocycles. The fourth-order valence-corrected chi connectivity index (χ4v) is 2.87. The summed E-state index contributed by atoms with van der Waals surface area (Å²) in [5.74, 6) is 0.922. The fraction of sp³-hybridized carbons (Fsp3) is 1.00. The highest BCUT2D eigenvalue weighted by molar-refractivity contribution is 4.79. The molecule has 16 heavy (non-hydrogen) atoms. The van der Waals surface area contributed by atoms with Gasteiger partial charge in [-0.25, -0.2) is 0 Å². The monoisotopic (exact) mass is 225 g/mol. The molecule has 3 heteroatoms. The maximum absolute atomic E-state index is 3.78. The van der Waals surface area contributed by atoms with Gasteiger partial charge in [-0.2, -0.15) is 0 Å². The Labute approximate surface area is 100.0 Å². The first-order valence-electron chi connectivity index (χ1n) is 7.05. The summed E-state index contributed by atoms with van der Waals surface area (Å²) in [6.07, 6.45) is 5.42. The molecule has 0 aromatic rings. The summed E-state index contributed by atoms with van der Waals surface area (Å²) in [6.45, 7) is 9.77. The highest BCUT2D eigenvalue weighted by Gasteiger charge is 2.19. The van der Waals surface area contributed by atoms with E-state index in [1.165, 1.54) is 65.0 Å². The first-order valence-corrected chi connectivity index (χ1v) is 7.05. The van der Waals surface area contributed by atoms with E-state index in [9.17, 15) is 0 Å². The van der Waals surface area contributed by atoms with Crippen molar-refractivity contribution in [1.82, 2.24) is 15.5 Å². The minimum Gasteiger partial charge on any atom is -0.317 e. The average Bonchev–Trinajstić information content (AvgIpc) is 2.38. The zero-order chi connectivity index (χ0) is 11.2. The molecule has 94 valence electrons. The van der Waals surface area contributed by atoms with Crippen molar-refractivity contribution in [2.45, 2.75) is 38.6 Å². The van der Waals surface area contributed by atoms with Crippen LogP contribution in [0.15, 0.2) is 0 Å². The van der Waals surface area contributed by atoms with Crippen molar-refractivity contribution in [2.75, 3.05) is 39.3 Å². The van der Waals surface area contributed by atoms with E-state index < -0.39 is 0 Å². The van der Waals surface area contributed by atoms with Gasteiger partial charge in [0.25, 0.3) is 0 Å². The van der Waals surface area contributed by atoms with Crippen LogP contribution >= 0.6 is 0 Å². The second kappa shape index (κ2) is 6.58. The quantitative estimate of drug-likeness (QED) is 0.749. The summed E-state index contributed by atoms with van der Waals surface area (Å²) in [5, 5.41) is 7.21. The lowest BCUT2D eigenvalue weighted by atomic mass is 9.97. The first kappa shape index (κ1) is 12.3. The highest BCUT2D eigenvalue weighted by Crippen LogP contribution is 2.13. The predicted molar refractivity (Wildman–Crippen MR) is 68.7 cm³/mol. The Balaban J connectivity index is 1.59. The van der Waals surface area contributed by atoms with Crippen LogP contribution in [0.3, 0.4) is 0 Å². The van der Waals surface area contributed by atoms with Crippen LogP contribution in [-0.4, -0.2) is 50.2 Å². The average molecular weight is 225 g/mol. The predicted octanol–water partition coefficient (Wildman–Crippen LogP) is 1.06. The number of nitrogens with zero attached hydrogens (tertiary/aromatic N) is 1. The van der Waals surface area contributed by atoms with Crippen LogP contribution in [0.25, 0.3) is 0 Å². The molecule has 0 aliphatic carbocycles. The molecule has 0 bridgehead atoms. The molecule has 0 unspecified atom stereocenters. The van der Waals surface area contributed by atoms with E-state index in [-0.39, 0.29) is 0 Å². The van der Waals surface area contributed by atoms with Gasteiger partial charge in [-0.1, -0.05) is 6.92 Å². The number of hydrogen-bond donors (Lipinski definition) is 2. The second-order valence-corrected chi connectivity index (χ2v) is 5.31. The van der Waals surface area contributed by atoms with E-state index in [0.29, 0.717) is 0 Å². The third-order valence-electron chi connectivity index (χ3n) is 4.19. The van der Waals surface area contributed by atoms with Gasteiger partial charge in [-0.3, -0.25) is 0 Å². The standard InChI is InChI=1S/C13H27N3/c1-2-16-9-5-13(6-10-16)15-11-12-3-7-14-8-4-12/h12-15H,2-11H2,1H3. The number of piperidine rings is 2. The smallest absolute Gasteiger partial charge is 0.00915 e. The van der Waals surface area contributed by atoms with E-state index in [2.05, 4.69) is 22.5 Å². The van der Waals surface area contributed by atoms with Crippen molar-refractivity contribution in [3.63, 3.8) is 0 Å². The zero-order valence-electron chi connectivity index (χ0n) is 10.7. The van der Waals surface area contributed by atoms with Gasteiger partial charge < -0.3 is 15.5 Å². The van der Waals surface area contributed by atoms with Gasteiger partial charge in [0.15, 0.2) is 0 Å². The van der Waals surface area contributed by atoms with Gasteiger partial charge in [0.1, 0.15) is 0 Å². The largest absolute Gasteiger partial charge is 0.317 e. The summed E-state index contributed by atoms with van der Waals surface area (Å²) in [4.78, 5) is 2.56. The molecular weight excluding hydrogens is 198 g/mol. The Hall–Kier alpha value is -0.120. The van der Waals surface area contributed by atoms with Gasteiger partial charge >= 0.3 is 0 Å². The summed E-state index contributed by atoms with van der Waals surface area (Å²) < 4.78 is 0. The van der Waals surface area contributed by atoms with E-state index in [0.717, 1.165) is 12.0 Å². The van der Waals surface area contributed by atoms with E-state index in [4.69, 9.17) is 0 Å². The lowest BCUT2D eigenvalue weighted by Gasteiger charge is -2.33. The molecule has 2 saturated heterocycles. The van der Waals surface area contributed by atoms with Crippen molar-refractivity contribution < 1.29 is 0 Å². The SMILES string of the molecule is CCN1CCC(NCC2CCNCC2)CC1. The molecule has 3 nitrogen and oxygen atoms in total. The zero-order valence-corrected chi connectivity index (χ0v) is 10.7. The molecule has 0 atom stereocenters. The summed E-state index contributed by atoms with van der Waals surface area (Å²) in [7, 11) is 0. The number of hydrogen-bond acceptors (Lipinski definition) is 3. The highest BCUT2D eigenvalue weighted by atomic mass is 15.1. The molecule has 2 heterocycles. The summed E-state index contributed by atoms with van der Waals surface area (Å²) >= 11 is 0. The maximum Gasteiger partial charge on any atom is 0.00915 e. The Morgan fingerprint density at radius 3 is 2.44 bits per heavy atom. The molecular formula is C13H27N3. The molecule has 2 aliphatic rings. The van der Waals surface area contributed by atoms with Crippen molar-refractivity contribution in [2.24, 2.45) is 5.92 Å². The van der Waals surface area contributed by atoms with Gasteiger partial charge in [-0.05, 0) is 70.9 Å². The normalized spacial score (nSPS) is 26.1. The molecule has 0 radical (unpaired) electrons.